The predicted octanol–water partition coefficient (Wildman–Crippen LogP) is 0.586. The Bertz CT molecular complexity index is 270. The fraction of sp³-hybridized carbons (Fsp3) is 0. The first kappa shape index (κ1) is 8.20. The van der Waals surface area contributed by atoms with E-state index in [4.69, 9.17) is 9.79 Å². The summed E-state index contributed by atoms with van der Waals surface area (Å²) in [5, 5.41) is 2.01. The SMILES string of the molecule is O=P(O)(O)Nc1ccncc1. The van der Waals surface area contributed by atoms with Gasteiger partial charge in [0.05, 0.1) is 0 Å². The van der Waals surface area contributed by atoms with Crippen molar-refractivity contribution in [2.75, 3.05) is 5.09 Å². The van der Waals surface area contributed by atoms with Gasteiger partial charge in [-0.15, -0.1) is 0 Å². The third-order valence-electron chi connectivity index (χ3n) is 0.955. The van der Waals surface area contributed by atoms with Crippen molar-refractivity contribution >= 4 is 13.4 Å². The third kappa shape index (κ3) is 3.13. The Kier molecular flexibility index (Phi) is 2.24. The third-order valence-corrected chi connectivity index (χ3v) is 1.50. The van der Waals surface area contributed by atoms with Gasteiger partial charge in [-0.05, 0) is 12.1 Å². The van der Waals surface area contributed by atoms with E-state index in [0.717, 1.165) is 0 Å². The Labute approximate surface area is 63.3 Å². The van der Waals surface area contributed by atoms with Gasteiger partial charge in [0.15, 0.2) is 0 Å². The summed E-state index contributed by atoms with van der Waals surface area (Å²) in [5.41, 5.74) is 0.355. The second kappa shape index (κ2) is 3.00. The zero-order valence-corrected chi connectivity index (χ0v) is 6.40. The molecule has 1 aromatic heterocycles. The van der Waals surface area contributed by atoms with Gasteiger partial charge in [0.25, 0.3) is 0 Å². The predicted molar refractivity (Wildman–Crippen MR) is 39.9 cm³/mol. The molecule has 60 valence electrons. The van der Waals surface area contributed by atoms with E-state index in [9.17, 15) is 4.57 Å². The molecule has 11 heavy (non-hydrogen) atoms. The summed E-state index contributed by atoms with van der Waals surface area (Å²) < 4.78 is 10.4. The molecule has 0 spiro atoms. The lowest BCUT2D eigenvalue weighted by molar-refractivity contribution is 0.380. The molecule has 0 aliphatic carbocycles. The van der Waals surface area contributed by atoms with Crippen molar-refractivity contribution in [1.82, 2.24) is 4.98 Å². The molecule has 0 aliphatic heterocycles. The van der Waals surface area contributed by atoms with Gasteiger partial charge >= 0.3 is 7.75 Å². The number of hydrogen-bond acceptors (Lipinski definition) is 2. The van der Waals surface area contributed by atoms with Crippen LogP contribution in [-0.2, 0) is 4.57 Å². The normalized spacial score (nSPS) is 11.1. The molecule has 0 saturated heterocycles. The second-order valence-corrected chi connectivity index (χ2v) is 3.20. The number of nitrogens with zero attached hydrogens (tertiary/aromatic N) is 1. The van der Waals surface area contributed by atoms with Crippen molar-refractivity contribution in [3.8, 4) is 0 Å². The van der Waals surface area contributed by atoms with E-state index >= 15 is 0 Å². The van der Waals surface area contributed by atoms with Crippen molar-refractivity contribution < 1.29 is 14.4 Å². The van der Waals surface area contributed by atoms with Crippen LogP contribution >= 0.6 is 7.75 Å². The first-order valence-corrected chi connectivity index (χ1v) is 4.43. The van der Waals surface area contributed by atoms with Crippen LogP contribution in [0.4, 0.5) is 5.69 Å². The van der Waals surface area contributed by atoms with Gasteiger partial charge in [0.1, 0.15) is 0 Å². The van der Waals surface area contributed by atoms with Gasteiger partial charge in [-0.25, -0.2) is 4.57 Å². The fourth-order valence-corrected chi connectivity index (χ4v) is 1.08. The van der Waals surface area contributed by atoms with Crippen LogP contribution in [-0.4, -0.2) is 14.8 Å². The molecule has 0 amide bonds. The van der Waals surface area contributed by atoms with Crippen molar-refractivity contribution in [3.05, 3.63) is 24.5 Å². The molecule has 0 atom stereocenters. The van der Waals surface area contributed by atoms with Crippen LogP contribution in [0.15, 0.2) is 24.5 Å². The van der Waals surface area contributed by atoms with Crippen LogP contribution in [0, 0.1) is 0 Å². The van der Waals surface area contributed by atoms with Gasteiger partial charge in [-0.3, -0.25) is 10.1 Å². The number of pyridine rings is 1. The zero-order chi connectivity index (χ0) is 8.32. The minimum Gasteiger partial charge on any atom is -0.308 e. The van der Waals surface area contributed by atoms with E-state index in [1.54, 1.807) is 0 Å². The molecule has 1 heterocycles. The summed E-state index contributed by atoms with van der Waals surface area (Å²) in [6.07, 6.45) is 2.88. The quantitative estimate of drug-likeness (QED) is 0.571. The Morgan fingerprint density at radius 3 is 2.36 bits per heavy atom. The van der Waals surface area contributed by atoms with Crippen molar-refractivity contribution in [1.29, 1.82) is 0 Å². The summed E-state index contributed by atoms with van der Waals surface area (Å²) in [4.78, 5) is 20.6. The number of nitrogens with one attached hydrogen (secondary N) is 1. The summed E-state index contributed by atoms with van der Waals surface area (Å²) in [5.74, 6) is 0. The number of rotatable bonds is 2. The van der Waals surface area contributed by atoms with Gasteiger partial charge in [-0.1, -0.05) is 0 Å². The Morgan fingerprint density at radius 1 is 1.36 bits per heavy atom. The van der Waals surface area contributed by atoms with E-state index in [1.807, 2.05) is 5.09 Å². The molecule has 1 aromatic rings. The molecule has 6 heteroatoms. The Hall–Kier alpha value is -0.900. The van der Waals surface area contributed by atoms with E-state index < -0.39 is 7.75 Å². The van der Waals surface area contributed by atoms with Gasteiger partial charge in [0.2, 0.25) is 0 Å². The molecule has 1 rings (SSSR count). The van der Waals surface area contributed by atoms with Crippen molar-refractivity contribution in [2.45, 2.75) is 0 Å². The topological polar surface area (TPSA) is 82.5 Å². The van der Waals surface area contributed by atoms with Gasteiger partial charge < -0.3 is 9.79 Å². The van der Waals surface area contributed by atoms with Crippen molar-refractivity contribution in [3.63, 3.8) is 0 Å². The Balaban J connectivity index is 2.74. The molecule has 5 nitrogen and oxygen atoms in total. The van der Waals surface area contributed by atoms with Gasteiger partial charge in [0, 0.05) is 18.1 Å². The number of anilines is 1. The molecule has 0 unspecified atom stereocenters. The van der Waals surface area contributed by atoms with Crippen LogP contribution in [0.25, 0.3) is 0 Å². The molecule has 0 aliphatic rings. The molecule has 0 fully saturated rings. The molecule has 0 bridgehead atoms. The fourth-order valence-electron chi connectivity index (χ4n) is 0.595. The summed E-state index contributed by atoms with van der Waals surface area (Å²) in [7, 11) is -4.17. The summed E-state index contributed by atoms with van der Waals surface area (Å²) >= 11 is 0. The lowest BCUT2D eigenvalue weighted by atomic mass is 10.4. The molecule has 0 aromatic carbocycles. The van der Waals surface area contributed by atoms with E-state index in [2.05, 4.69) is 4.98 Å². The average molecular weight is 174 g/mol. The zero-order valence-electron chi connectivity index (χ0n) is 5.51. The maximum Gasteiger partial charge on any atom is 0.427 e. The lowest BCUT2D eigenvalue weighted by Crippen LogP contribution is -1.93. The number of aromatic nitrogens is 1. The van der Waals surface area contributed by atoms with E-state index in [0.29, 0.717) is 5.69 Å². The van der Waals surface area contributed by atoms with Crippen LogP contribution in [0.2, 0.25) is 0 Å². The standard InChI is InChI=1S/C5H7N2O3P/c8-11(9,10)7-5-1-3-6-4-2-5/h1-4H,(H3,6,7,8,9,10). The van der Waals surface area contributed by atoms with Crippen LogP contribution in [0.1, 0.15) is 0 Å². The summed E-state index contributed by atoms with van der Waals surface area (Å²) in [6, 6.07) is 2.94. The molecular weight excluding hydrogens is 167 g/mol. The maximum atomic E-state index is 10.4. The van der Waals surface area contributed by atoms with Crippen molar-refractivity contribution in [2.24, 2.45) is 0 Å². The maximum absolute atomic E-state index is 10.4. The molecule has 3 N–H and O–H groups in total. The molecular formula is C5H7N2O3P. The molecule has 0 saturated carbocycles. The highest BCUT2D eigenvalue weighted by molar-refractivity contribution is 7.53. The minimum absolute atomic E-state index is 0.355. The molecule has 0 radical (unpaired) electrons. The largest absolute Gasteiger partial charge is 0.427 e. The Morgan fingerprint density at radius 2 is 1.91 bits per heavy atom. The highest BCUT2D eigenvalue weighted by Crippen LogP contribution is 2.34. The number of hydrogen-bond donors (Lipinski definition) is 3. The highest BCUT2D eigenvalue weighted by atomic mass is 31.2. The first-order valence-electron chi connectivity index (χ1n) is 2.82. The smallest absolute Gasteiger partial charge is 0.308 e. The average Bonchev–Trinajstić information content (AvgIpc) is 1.85. The summed E-state index contributed by atoms with van der Waals surface area (Å²) in [6.45, 7) is 0. The van der Waals surface area contributed by atoms with Crippen LogP contribution in [0.3, 0.4) is 0 Å². The minimum atomic E-state index is -4.17. The van der Waals surface area contributed by atoms with E-state index in [1.165, 1.54) is 24.5 Å². The van der Waals surface area contributed by atoms with Gasteiger partial charge in [-0.2, -0.15) is 0 Å². The van der Waals surface area contributed by atoms with E-state index in [-0.39, 0.29) is 0 Å². The van der Waals surface area contributed by atoms with Crippen LogP contribution < -0.4 is 5.09 Å². The lowest BCUT2D eigenvalue weighted by Gasteiger charge is -2.05. The first-order chi connectivity index (χ1) is 5.08. The monoisotopic (exact) mass is 174 g/mol. The second-order valence-electron chi connectivity index (χ2n) is 1.89. The highest BCUT2D eigenvalue weighted by Gasteiger charge is 2.10. The van der Waals surface area contributed by atoms with Crippen LogP contribution in [0.5, 0.6) is 0 Å².